The Balaban J connectivity index is 1.89. The molecule has 0 bridgehead atoms. The first-order valence-electron chi connectivity index (χ1n) is 7.14. The van der Waals surface area contributed by atoms with Gasteiger partial charge in [-0.3, -0.25) is 0 Å². The monoisotopic (exact) mass is 252 g/mol. The number of aliphatic hydroxyl groups is 1. The van der Waals surface area contributed by atoms with Gasteiger partial charge in [0.1, 0.15) is 6.10 Å². The molecule has 0 aromatic heterocycles. The van der Waals surface area contributed by atoms with Crippen molar-refractivity contribution in [1.82, 2.24) is 0 Å². The molecule has 1 saturated carbocycles. The van der Waals surface area contributed by atoms with Gasteiger partial charge in [-0.15, -0.1) is 0 Å². The van der Waals surface area contributed by atoms with Gasteiger partial charge in [0.15, 0.2) is 0 Å². The molecule has 1 heteroatoms. The van der Waals surface area contributed by atoms with Gasteiger partial charge in [0.25, 0.3) is 0 Å². The van der Waals surface area contributed by atoms with Crippen molar-refractivity contribution in [2.24, 2.45) is 0 Å². The van der Waals surface area contributed by atoms with Crippen molar-refractivity contribution in [3.8, 4) is 0 Å². The molecule has 1 aliphatic carbocycles. The van der Waals surface area contributed by atoms with E-state index in [1.54, 1.807) is 0 Å². The van der Waals surface area contributed by atoms with Gasteiger partial charge in [0.05, 0.1) is 0 Å². The van der Waals surface area contributed by atoms with Crippen LogP contribution in [0.1, 0.15) is 54.0 Å². The first kappa shape index (κ1) is 12.4. The van der Waals surface area contributed by atoms with E-state index in [1.807, 2.05) is 18.2 Å². The largest absolute Gasteiger partial charge is 0.384 e. The van der Waals surface area contributed by atoms with E-state index >= 15 is 0 Å². The third-order valence-corrected chi connectivity index (χ3v) is 3.95. The van der Waals surface area contributed by atoms with Crippen LogP contribution >= 0.6 is 0 Å². The lowest BCUT2D eigenvalue weighted by Crippen LogP contribution is -2.01. The van der Waals surface area contributed by atoms with Gasteiger partial charge in [0, 0.05) is 0 Å². The highest BCUT2D eigenvalue weighted by Gasteiger charge is 2.24. The third kappa shape index (κ3) is 2.71. The molecule has 0 heterocycles. The van der Waals surface area contributed by atoms with Crippen LogP contribution < -0.4 is 0 Å². The van der Waals surface area contributed by atoms with E-state index in [1.165, 1.54) is 24.0 Å². The normalized spacial score (nSPS) is 16.3. The molecular weight excluding hydrogens is 232 g/mol. The molecule has 1 nitrogen and oxygen atoms in total. The summed E-state index contributed by atoms with van der Waals surface area (Å²) >= 11 is 0. The van der Waals surface area contributed by atoms with Crippen LogP contribution in [0.4, 0.5) is 0 Å². The summed E-state index contributed by atoms with van der Waals surface area (Å²) < 4.78 is 0. The van der Waals surface area contributed by atoms with Gasteiger partial charge < -0.3 is 5.11 Å². The molecule has 1 aliphatic rings. The molecule has 0 saturated heterocycles. The Morgan fingerprint density at radius 1 is 1.05 bits per heavy atom. The number of aryl methyl sites for hydroxylation is 1. The second kappa shape index (κ2) is 5.18. The lowest BCUT2D eigenvalue weighted by Gasteiger charge is -2.13. The Morgan fingerprint density at radius 3 is 2.42 bits per heavy atom. The second-order valence-electron chi connectivity index (χ2n) is 5.45. The van der Waals surface area contributed by atoms with E-state index in [-0.39, 0.29) is 0 Å². The van der Waals surface area contributed by atoms with Crippen molar-refractivity contribution in [1.29, 1.82) is 0 Å². The van der Waals surface area contributed by atoms with Gasteiger partial charge in [-0.1, -0.05) is 55.5 Å². The zero-order valence-corrected chi connectivity index (χ0v) is 11.3. The van der Waals surface area contributed by atoms with Crippen LogP contribution in [0.25, 0.3) is 0 Å². The van der Waals surface area contributed by atoms with Crippen LogP contribution in [-0.2, 0) is 6.42 Å². The fourth-order valence-electron chi connectivity index (χ4n) is 2.58. The minimum Gasteiger partial charge on any atom is -0.384 e. The standard InChI is InChI=1S/C18H20O/c1-2-13-5-3-7-16(11-13)18(19)17-8-4-6-15(12-17)14-9-10-14/h3-8,11-12,14,18-19H,2,9-10H2,1H3. The molecule has 2 aromatic rings. The lowest BCUT2D eigenvalue weighted by atomic mass is 9.97. The van der Waals surface area contributed by atoms with Crippen molar-refractivity contribution >= 4 is 0 Å². The number of aliphatic hydroxyl groups excluding tert-OH is 1. The lowest BCUT2D eigenvalue weighted by molar-refractivity contribution is 0.220. The molecule has 1 N–H and O–H groups in total. The predicted molar refractivity (Wildman–Crippen MR) is 78.3 cm³/mol. The van der Waals surface area contributed by atoms with E-state index in [0.29, 0.717) is 0 Å². The number of rotatable bonds is 4. The average Bonchev–Trinajstić information content (AvgIpc) is 3.31. The van der Waals surface area contributed by atoms with E-state index in [9.17, 15) is 5.11 Å². The Labute approximate surface area is 114 Å². The maximum atomic E-state index is 10.5. The van der Waals surface area contributed by atoms with Crippen molar-refractivity contribution in [2.75, 3.05) is 0 Å². The van der Waals surface area contributed by atoms with Gasteiger partial charge in [0.2, 0.25) is 0 Å². The summed E-state index contributed by atoms with van der Waals surface area (Å²) in [6.07, 6.45) is 3.09. The number of hydrogen-bond donors (Lipinski definition) is 1. The van der Waals surface area contributed by atoms with Crippen LogP contribution in [0.3, 0.4) is 0 Å². The van der Waals surface area contributed by atoms with Gasteiger partial charge in [-0.05, 0) is 47.4 Å². The Morgan fingerprint density at radius 2 is 1.74 bits per heavy atom. The first-order chi connectivity index (χ1) is 9.28. The molecule has 0 aliphatic heterocycles. The molecule has 0 amide bonds. The molecule has 1 fully saturated rings. The zero-order valence-electron chi connectivity index (χ0n) is 11.3. The maximum Gasteiger partial charge on any atom is 0.104 e. The van der Waals surface area contributed by atoms with Gasteiger partial charge >= 0.3 is 0 Å². The molecule has 1 atom stereocenters. The highest BCUT2D eigenvalue weighted by Crippen LogP contribution is 2.40. The third-order valence-electron chi connectivity index (χ3n) is 3.95. The average molecular weight is 252 g/mol. The minimum absolute atomic E-state index is 0.509. The smallest absolute Gasteiger partial charge is 0.104 e. The summed E-state index contributed by atoms with van der Waals surface area (Å²) in [5, 5.41) is 10.5. The summed E-state index contributed by atoms with van der Waals surface area (Å²) in [7, 11) is 0. The molecule has 0 spiro atoms. The summed E-state index contributed by atoms with van der Waals surface area (Å²) in [5.74, 6) is 0.731. The molecule has 98 valence electrons. The Kier molecular flexibility index (Phi) is 3.39. The van der Waals surface area contributed by atoms with E-state index in [0.717, 1.165) is 23.5 Å². The topological polar surface area (TPSA) is 20.2 Å². The first-order valence-corrected chi connectivity index (χ1v) is 7.14. The number of benzene rings is 2. The molecular formula is C18H20O. The van der Waals surface area contributed by atoms with E-state index in [2.05, 4.69) is 37.3 Å². The van der Waals surface area contributed by atoms with Crippen molar-refractivity contribution < 1.29 is 5.11 Å². The van der Waals surface area contributed by atoms with Crippen LogP contribution in [-0.4, -0.2) is 5.11 Å². The van der Waals surface area contributed by atoms with E-state index < -0.39 is 6.10 Å². The van der Waals surface area contributed by atoms with Crippen molar-refractivity contribution in [3.05, 3.63) is 70.8 Å². The summed E-state index contributed by atoms with van der Waals surface area (Å²) in [5.41, 5.74) is 4.66. The molecule has 3 rings (SSSR count). The van der Waals surface area contributed by atoms with Gasteiger partial charge in [-0.2, -0.15) is 0 Å². The summed E-state index contributed by atoms with van der Waals surface area (Å²) in [6, 6.07) is 16.7. The van der Waals surface area contributed by atoms with Crippen LogP contribution in [0.15, 0.2) is 48.5 Å². The summed E-state index contributed by atoms with van der Waals surface area (Å²) in [6.45, 7) is 2.14. The fourth-order valence-corrected chi connectivity index (χ4v) is 2.58. The molecule has 0 radical (unpaired) electrons. The number of hydrogen-bond acceptors (Lipinski definition) is 1. The Hall–Kier alpha value is -1.60. The molecule has 1 unspecified atom stereocenters. The minimum atomic E-state index is -0.509. The highest BCUT2D eigenvalue weighted by atomic mass is 16.3. The van der Waals surface area contributed by atoms with Crippen LogP contribution in [0.2, 0.25) is 0 Å². The maximum absolute atomic E-state index is 10.5. The van der Waals surface area contributed by atoms with Crippen molar-refractivity contribution in [2.45, 2.75) is 38.2 Å². The van der Waals surface area contributed by atoms with Crippen LogP contribution in [0.5, 0.6) is 0 Å². The highest BCUT2D eigenvalue weighted by molar-refractivity contribution is 5.36. The van der Waals surface area contributed by atoms with Crippen LogP contribution in [0, 0.1) is 0 Å². The summed E-state index contributed by atoms with van der Waals surface area (Å²) in [4.78, 5) is 0. The molecule has 2 aromatic carbocycles. The van der Waals surface area contributed by atoms with Crippen molar-refractivity contribution in [3.63, 3.8) is 0 Å². The molecule has 19 heavy (non-hydrogen) atoms. The van der Waals surface area contributed by atoms with Gasteiger partial charge in [-0.25, -0.2) is 0 Å². The Bertz CT molecular complexity index is 569. The fraction of sp³-hybridized carbons (Fsp3) is 0.333. The zero-order chi connectivity index (χ0) is 13.2. The predicted octanol–water partition coefficient (Wildman–Crippen LogP) is 4.21. The quantitative estimate of drug-likeness (QED) is 0.864. The SMILES string of the molecule is CCc1cccc(C(O)c2cccc(C3CC3)c2)c1. The van der Waals surface area contributed by atoms with E-state index in [4.69, 9.17) is 0 Å². The second-order valence-corrected chi connectivity index (χ2v) is 5.45.